The predicted octanol–water partition coefficient (Wildman–Crippen LogP) is 2.12. The van der Waals surface area contributed by atoms with E-state index >= 15 is 0 Å². The average Bonchev–Trinajstić information content (AvgIpc) is 3.12. The van der Waals surface area contributed by atoms with Gasteiger partial charge in [0.1, 0.15) is 0 Å². The number of hydrogen-bond acceptors (Lipinski definition) is 7. The molecule has 0 spiro atoms. The Labute approximate surface area is 175 Å². The molecular formula is C22H25N3O5. The van der Waals surface area contributed by atoms with Gasteiger partial charge in [0.2, 0.25) is 5.91 Å². The van der Waals surface area contributed by atoms with Crippen LogP contribution in [0.2, 0.25) is 0 Å². The first-order chi connectivity index (χ1) is 14.5. The molecular weight excluding hydrogens is 386 g/mol. The Morgan fingerprint density at radius 3 is 2.43 bits per heavy atom. The third-order valence-electron chi connectivity index (χ3n) is 5.30. The highest BCUT2D eigenvalue weighted by Crippen LogP contribution is 2.47. The highest BCUT2D eigenvalue weighted by molar-refractivity contribution is 5.95. The monoisotopic (exact) mass is 411 g/mol. The molecule has 3 atom stereocenters. The Morgan fingerprint density at radius 1 is 1.13 bits per heavy atom. The van der Waals surface area contributed by atoms with Gasteiger partial charge in [0, 0.05) is 43.0 Å². The van der Waals surface area contributed by atoms with Crippen molar-refractivity contribution in [3.8, 4) is 0 Å². The van der Waals surface area contributed by atoms with Crippen LogP contribution in [0.3, 0.4) is 0 Å². The lowest BCUT2D eigenvalue weighted by Crippen LogP contribution is -2.58. The number of nitrogens with zero attached hydrogens (tertiary/aromatic N) is 2. The summed E-state index contributed by atoms with van der Waals surface area (Å²) in [7, 11) is 0. The van der Waals surface area contributed by atoms with Crippen molar-refractivity contribution >= 4 is 17.8 Å². The summed E-state index contributed by atoms with van der Waals surface area (Å²) in [6, 6.07) is 7.07. The molecule has 3 unspecified atom stereocenters. The zero-order valence-corrected chi connectivity index (χ0v) is 17.0. The first kappa shape index (κ1) is 21.4. The maximum absolute atomic E-state index is 13.4. The number of esters is 2. The highest BCUT2D eigenvalue weighted by atomic mass is 16.5. The molecule has 1 saturated heterocycles. The van der Waals surface area contributed by atoms with E-state index < -0.39 is 29.3 Å². The van der Waals surface area contributed by atoms with E-state index in [0.29, 0.717) is 11.1 Å². The van der Waals surface area contributed by atoms with Crippen molar-refractivity contribution in [3.05, 3.63) is 60.2 Å². The summed E-state index contributed by atoms with van der Waals surface area (Å²) in [6.45, 7) is 3.76. The van der Waals surface area contributed by atoms with E-state index in [0.717, 1.165) is 0 Å². The molecule has 0 radical (unpaired) electrons. The molecule has 3 rings (SSSR count). The number of nitrogens with one attached hydrogen (secondary N) is 1. The van der Waals surface area contributed by atoms with Gasteiger partial charge >= 0.3 is 11.9 Å². The maximum atomic E-state index is 13.4. The summed E-state index contributed by atoms with van der Waals surface area (Å²) in [4.78, 5) is 46.9. The Hall–Kier alpha value is -3.29. The van der Waals surface area contributed by atoms with E-state index in [2.05, 4.69) is 15.3 Å². The SMILES string of the molecule is CCOC(=O)CC(c1cccnc1)C1(C(=O)OCC)NC(=O)CC1c1cccnc1. The molecule has 0 aliphatic carbocycles. The van der Waals surface area contributed by atoms with Gasteiger partial charge < -0.3 is 14.8 Å². The molecule has 1 aliphatic rings. The Kier molecular flexibility index (Phi) is 6.76. The van der Waals surface area contributed by atoms with Crippen molar-refractivity contribution in [3.63, 3.8) is 0 Å². The molecule has 0 aromatic carbocycles. The van der Waals surface area contributed by atoms with Crippen LogP contribution in [0, 0.1) is 0 Å². The van der Waals surface area contributed by atoms with Crippen molar-refractivity contribution < 1.29 is 23.9 Å². The molecule has 30 heavy (non-hydrogen) atoms. The van der Waals surface area contributed by atoms with Crippen LogP contribution in [-0.4, -0.2) is 46.6 Å². The molecule has 0 saturated carbocycles. The maximum Gasteiger partial charge on any atom is 0.333 e. The molecule has 1 N–H and O–H groups in total. The van der Waals surface area contributed by atoms with E-state index in [9.17, 15) is 14.4 Å². The van der Waals surface area contributed by atoms with Crippen LogP contribution < -0.4 is 5.32 Å². The molecule has 8 heteroatoms. The number of rotatable bonds is 8. The number of pyridine rings is 2. The first-order valence-electron chi connectivity index (χ1n) is 9.96. The van der Waals surface area contributed by atoms with Gasteiger partial charge in [-0.3, -0.25) is 19.6 Å². The number of aromatic nitrogens is 2. The second kappa shape index (κ2) is 9.47. The zero-order chi connectivity index (χ0) is 21.6. The van der Waals surface area contributed by atoms with E-state index in [-0.39, 0.29) is 32.0 Å². The summed E-state index contributed by atoms with van der Waals surface area (Å²) in [5, 5.41) is 2.87. The lowest BCUT2D eigenvalue weighted by atomic mass is 9.68. The Morgan fingerprint density at radius 2 is 1.83 bits per heavy atom. The van der Waals surface area contributed by atoms with E-state index in [1.165, 1.54) is 0 Å². The fourth-order valence-electron chi connectivity index (χ4n) is 4.10. The van der Waals surface area contributed by atoms with Crippen LogP contribution in [0.5, 0.6) is 0 Å². The smallest absolute Gasteiger partial charge is 0.333 e. The van der Waals surface area contributed by atoms with Crippen molar-refractivity contribution in [1.29, 1.82) is 0 Å². The van der Waals surface area contributed by atoms with Crippen molar-refractivity contribution in [2.24, 2.45) is 0 Å². The Bertz CT molecular complexity index is 890. The quantitative estimate of drug-likeness (QED) is 0.663. The normalized spacial score (nSPS) is 21.5. The molecule has 1 aliphatic heterocycles. The number of carbonyl (C=O) groups excluding carboxylic acids is 3. The second-order valence-corrected chi connectivity index (χ2v) is 7.03. The van der Waals surface area contributed by atoms with Crippen LogP contribution in [0.1, 0.15) is 49.7 Å². The summed E-state index contributed by atoms with van der Waals surface area (Å²) < 4.78 is 10.6. The van der Waals surface area contributed by atoms with E-state index in [1.54, 1.807) is 56.8 Å². The molecule has 3 heterocycles. The van der Waals surface area contributed by atoms with Gasteiger partial charge in [-0.15, -0.1) is 0 Å². The number of carbonyl (C=O) groups is 3. The highest BCUT2D eigenvalue weighted by Gasteiger charge is 2.59. The van der Waals surface area contributed by atoms with Crippen molar-refractivity contribution in [2.75, 3.05) is 13.2 Å². The van der Waals surface area contributed by atoms with Crippen LogP contribution in [-0.2, 0) is 23.9 Å². The zero-order valence-electron chi connectivity index (χ0n) is 17.0. The summed E-state index contributed by atoms with van der Waals surface area (Å²) in [5.74, 6) is -2.67. The lowest BCUT2D eigenvalue weighted by Gasteiger charge is -2.39. The number of hydrogen-bond donors (Lipinski definition) is 1. The first-order valence-corrected chi connectivity index (χ1v) is 9.96. The van der Waals surface area contributed by atoms with Crippen molar-refractivity contribution in [2.45, 2.75) is 44.1 Å². The van der Waals surface area contributed by atoms with Crippen LogP contribution in [0.15, 0.2) is 49.1 Å². The number of ether oxygens (including phenoxy) is 2. The van der Waals surface area contributed by atoms with Gasteiger partial charge in [0.05, 0.1) is 19.6 Å². The van der Waals surface area contributed by atoms with Gasteiger partial charge in [-0.25, -0.2) is 4.79 Å². The molecule has 2 aromatic heterocycles. The minimum absolute atomic E-state index is 0.0735. The minimum Gasteiger partial charge on any atom is -0.466 e. The summed E-state index contributed by atoms with van der Waals surface area (Å²) in [6.07, 6.45) is 6.41. The minimum atomic E-state index is -1.49. The molecule has 0 bridgehead atoms. The average molecular weight is 411 g/mol. The molecule has 1 fully saturated rings. The summed E-state index contributed by atoms with van der Waals surface area (Å²) >= 11 is 0. The van der Waals surface area contributed by atoms with Crippen LogP contribution >= 0.6 is 0 Å². The Balaban J connectivity index is 2.18. The third kappa shape index (κ3) is 4.17. The van der Waals surface area contributed by atoms with E-state index in [4.69, 9.17) is 9.47 Å². The van der Waals surface area contributed by atoms with Gasteiger partial charge in [0.25, 0.3) is 0 Å². The molecule has 2 aromatic rings. The van der Waals surface area contributed by atoms with Gasteiger partial charge in [0.15, 0.2) is 5.54 Å². The molecule has 8 nitrogen and oxygen atoms in total. The fourth-order valence-corrected chi connectivity index (χ4v) is 4.10. The molecule has 158 valence electrons. The predicted molar refractivity (Wildman–Crippen MR) is 107 cm³/mol. The van der Waals surface area contributed by atoms with Gasteiger partial charge in [-0.1, -0.05) is 12.1 Å². The second-order valence-electron chi connectivity index (χ2n) is 7.03. The van der Waals surface area contributed by atoms with E-state index in [1.807, 2.05) is 6.07 Å². The topological polar surface area (TPSA) is 107 Å². The lowest BCUT2D eigenvalue weighted by molar-refractivity contribution is -0.154. The van der Waals surface area contributed by atoms with Crippen LogP contribution in [0.25, 0.3) is 0 Å². The van der Waals surface area contributed by atoms with Crippen LogP contribution in [0.4, 0.5) is 0 Å². The fraction of sp³-hybridized carbons (Fsp3) is 0.409. The molecule has 1 amide bonds. The third-order valence-corrected chi connectivity index (χ3v) is 5.30. The van der Waals surface area contributed by atoms with Gasteiger partial charge in [-0.2, -0.15) is 0 Å². The standard InChI is InChI=1S/C22H25N3O5/c1-3-29-20(27)12-18(16-8-6-10-24-14-16)22(21(28)30-4-2)17(11-19(26)25-22)15-7-5-9-23-13-15/h5-10,13-14,17-18H,3-4,11-12H2,1-2H3,(H,25,26). The summed E-state index contributed by atoms with van der Waals surface area (Å²) in [5.41, 5.74) is -0.150. The number of amides is 1. The largest absolute Gasteiger partial charge is 0.466 e. The van der Waals surface area contributed by atoms with Gasteiger partial charge in [-0.05, 0) is 37.1 Å². The van der Waals surface area contributed by atoms with Crippen molar-refractivity contribution in [1.82, 2.24) is 15.3 Å².